The lowest BCUT2D eigenvalue weighted by molar-refractivity contribution is 0.104. The third kappa shape index (κ3) is 3.17. The first-order valence-electron chi connectivity index (χ1n) is 7.26. The SMILES string of the molecule is CC1=NCCc2ccc(C(=O)C=Cc3ccc(Cl)cn3)c(O)c21. The van der Waals surface area contributed by atoms with Crippen molar-refractivity contribution in [3.8, 4) is 5.75 Å². The van der Waals surface area contributed by atoms with Crippen LogP contribution in [0.2, 0.25) is 5.02 Å². The summed E-state index contributed by atoms with van der Waals surface area (Å²) in [6.45, 7) is 2.56. The molecule has 4 nitrogen and oxygen atoms in total. The van der Waals surface area contributed by atoms with Gasteiger partial charge in [-0.05, 0) is 49.3 Å². The minimum atomic E-state index is -0.277. The van der Waals surface area contributed by atoms with Crippen LogP contribution in [-0.4, -0.2) is 28.1 Å². The van der Waals surface area contributed by atoms with Crippen LogP contribution in [0.1, 0.15) is 34.1 Å². The third-order valence-corrected chi connectivity index (χ3v) is 4.00. The molecule has 0 saturated heterocycles. The number of phenols is 1. The van der Waals surface area contributed by atoms with Crippen LogP contribution in [0.15, 0.2) is 41.5 Å². The third-order valence-electron chi connectivity index (χ3n) is 3.78. The molecule has 0 aliphatic carbocycles. The number of hydrogen-bond donors (Lipinski definition) is 1. The molecular weight excluding hydrogens is 312 g/mol. The van der Waals surface area contributed by atoms with Gasteiger partial charge in [0.15, 0.2) is 5.78 Å². The number of nitrogens with zero attached hydrogens (tertiary/aromatic N) is 2. The summed E-state index contributed by atoms with van der Waals surface area (Å²) in [6, 6.07) is 6.97. The van der Waals surface area contributed by atoms with E-state index < -0.39 is 0 Å². The van der Waals surface area contributed by atoms with E-state index in [1.807, 2.05) is 13.0 Å². The fourth-order valence-electron chi connectivity index (χ4n) is 2.60. The Balaban J connectivity index is 1.90. The Morgan fingerprint density at radius 3 is 2.87 bits per heavy atom. The number of carbonyl (C=O) groups is 1. The molecular formula is C18H15ClN2O2. The molecule has 0 atom stereocenters. The van der Waals surface area contributed by atoms with E-state index in [1.54, 1.807) is 24.3 Å². The summed E-state index contributed by atoms with van der Waals surface area (Å²) in [5, 5.41) is 11.0. The second-order valence-corrected chi connectivity index (χ2v) is 5.75. The number of phenolic OH excluding ortho intramolecular Hbond substituents is 1. The van der Waals surface area contributed by atoms with Crippen molar-refractivity contribution in [1.82, 2.24) is 4.98 Å². The van der Waals surface area contributed by atoms with Gasteiger partial charge in [-0.25, -0.2) is 0 Å². The van der Waals surface area contributed by atoms with E-state index in [4.69, 9.17) is 11.6 Å². The van der Waals surface area contributed by atoms with Crippen LogP contribution >= 0.6 is 11.6 Å². The van der Waals surface area contributed by atoms with Gasteiger partial charge in [0, 0.05) is 24.0 Å². The second kappa shape index (κ2) is 6.34. The number of carbonyl (C=O) groups excluding carboxylic acids is 1. The molecule has 0 spiro atoms. The second-order valence-electron chi connectivity index (χ2n) is 5.31. The van der Waals surface area contributed by atoms with E-state index in [-0.39, 0.29) is 17.1 Å². The maximum atomic E-state index is 12.4. The molecule has 0 radical (unpaired) electrons. The molecule has 1 aliphatic heterocycles. The van der Waals surface area contributed by atoms with Gasteiger partial charge in [0.1, 0.15) is 5.75 Å². The Labute approximate surface area is 139 Å². The van der Waals surface area contributed by atoms with Crippen LogP contribution in [0.25, 0.3) is 6.08 Å². The number of pyridine rings is 1. The van der Waals surface area contributed by atoms with Crippen molar-refractivity contribution < 1.29 is 9.90 Å². The topological polar surface area (TPSA) is 62.5 Å². The summed E-state index contributed by atoms with van der Waals surface area (Å²) < 4.78 is 0. The van der Waals surface area contributed by atoms with E-state index in [0.29, 0.717) is 22.8 Å². The fourth-order valence-corrected chi connectivity index (χ4v) is 2.72. The summed E-state index contributed by atoms with van der Waals surface area (Å²) in [4.78, 5) is 20.8. The normalized spacial score (nSPS) is 13.7. The van der Waals surface area contributed by atoms with E-state index in [2.05, 4.69) is 9.98 Å². The van der Waals surface area contributed by atoms with Gasteiger partial charge in [0.05, 0.1) is 16.3 Å². The van der Waals surface area contributed by atoms with Gasteiger partial charge >= 0.3 is 0 Å². The number of allylic oxidation sites excluding steroid dienone is 1. The summed E-state index contributed by atoms with van der Waals surface area (Å²) in [5.41, 5.74) is 3.36. The summed E-state index contributed by atoms with van der Waals surface area (Å²) >= 11 is 5.77. The highest BCUT2D eigenvalue weighted by Crippen LogP contribution is 2.30. The molecule has 5 heteroatoms. The molecule has 2 heterocycles. The molecule has 0 fully saturated rings. The Kier molecular flexibility index (Phi) is 4.26. The first-order chi connectivity index (χ1) is 11.1. The molecule has 2 aromatic rings. The lowest BCUT2D eigenvalue weighted by Crippen LogP contribution is -2.12. The molecule has 0 unspecified atom stereocenters. The van der Waals surface area contributed by atoms with Crippen molar-refractivity contribution in [2.45, 2.75) is 13.3 Å². The van der Waals surface area contributed by atoms with Crippen molar-refractivity contribution in [2.75, 3.05) is 6.54 Å². The quantitative estimate of drug-likeness (QED) is 0.691. The number of aliphatic imine (C=N–C) groups is 1. The van der Waals surface area contributed by atoms with Crippen LogP contribution in [-0.2, 0) is 6.42 Å². The maximum absolute atomic E-state index is 12.4. The number of aromatic hydroxyl groups is 1. The summed E-state index contributed by atoms with van der Waals surface area (Å²) in [5.74, 6) is -0.275. The van der Waals surface area contributed by atoms with Gasteiger partial charge in [-0.3, -0.25) is 14.8 Å². The first kappa shape index (κ1) is 15.4. The van der Waals surface area contributed by atoms with E-state index >= 15 is 0 Å². The lowest BCUT2D eigenvalue weighted by Gasteiger charge is -2.17. The smallest absolute Gasteiger partial charge is 0.189 e. The van der Waals surface area contributed by atoms with Gasteiger partial charge in [-0.2, -0.15) is 0 Å². The number of hydrogen-bond acceptors (Lipinski definition) is 4. The molecule has 0 bridgehead atoms. The number of fused-ring (bicyclic) bond motifs is 1. The lowest BCUT2D eigenvalue weighted by atomic mass is 9.93. The van der Waals surface area contributed by atoms with Crippen LogP contribution in [0, 0.1) is 0 Å². The zero-order chi connectivity index (χ0) is 16.4. The Hall–Kier alpha value is -2.46. The number of benzene rings is 1. The average molecular weight is 327 g/mol. The number of rotatable bonds is 3. The zero-order valence-corrected chi connectivity index (χ0v) is 13.3. The molecule has 1 N–H and O–H groups in total. The molecule has 3 rings (SSSR count). The zero-order valence-electron chi connectivity index (χ0n) is 12.6. The van der Waals surface area contributed by atoms with E-state index in [9.17, 15) is 9.90 Å². The predicted octanol–water partition coefficient (Wildman–Crippen LogP) is 3.70. The minimum Gasteiger partial charge on any atom is -0.506 e. The standard InChI is InChI=1S/C18H15ClN2O2/c1-11-17-12(8-9-20-11)2-6-15(18(17)23)16(22)7-5-14-4-3-13(19)10-21-14/h2-7,10,23H,8-9H2,1H3. The summed E-state index contributed by atoms with van der Waals surface area (Å²) in [7, 11) is 0. The Morgan fingerprint density at radius 1 is 1.30 bits per heavy atom. The number of aromatic nitrogens is 1. The molecule has 1 aliphatic rings. The highest BCUT2D eigenvalue weighted by atomic mass is 35.5. The van der Waals surface area contributed by atoms with Crippen LogP contribution < -0.4 is 0 Å². The van der Waals surface area contributed by atoms with E-state index in [0.717, 1.165) is 17.7 Å². The number of halogens is 1. The van der Waals surface area contributed by atoms with Gasteiger partial charge in [0.2, 0.25) is 0 Å². The van der Waals surface area contributed by atoms with E-state index in [1.165, 1.54) is 12.3 Å². The monoisotopic (exact) mass is 326 g/mol. The summed E-state index contributed by atoms with van der Waals surface area (Å²) in [6.07, 6.45) is 5.28. The minimum absolute atomic E-state index is 0.00200. The Bertz CT molecular complexity index is 824. The highest BCUT2D eigenvalue weighted by Gasteiger charge is 2.20. The number of ketones is 1. The maximum Gasteiger partial charge on any atom is 0.189 e. The van der Waals surface area contributed by atoms with Gasteiger partial charge in [0.25, 0.3) is 0 Å². The molecule has 23 heavy (non-hydrogen) atoms. The Morgan fingerprint density at radius 2 is 2.13 bits per heavy atom. The highest BCUT2D eigenvalue weighted by molar-refractivity contribution is 6.30. The van der Waals surface area contributed by atoms with Crippen molar-refractivity contribution in [1.29, 1.82) is 0 Å². The first-order valence-corrected chi connectivity index (χ1v) is 7.64. The van der Waals surface area contributed by atoms with Crippen molar-refractivity contribution in [3.63, 3.8) is 0 Å². The fraction of sp³-hybridized carbons (Fsp3) is 0.167. The van der Waals surface area contributed by atoms with Gasteiger partial charge in [-0.15, -0.1) is 0 Å². The van der Waals surface area contributed by atoms with Crippen molar-refractivity contribution >= 4 is 29.2 Å². The van der Waals surface area contributed by atoms with Crippen LogP contribution in [0.4, 0.5) is 0 Å². The molecule has 1 aromatic heterocycles. The van der Waals surface area contributed by atoms with Crippen molar-refractivity contribution in [3.05, 3.63) is 63.9 Å². The predicted molar refractivity (Wildman–Crippen MR) is 91.5 cm³/mol. The largest absolute Gasteiger partial charge is 0.506 e. The average Bonchev–Trinajstić information content (AvgIpc) is 2.54. The van der Waals surface area contributed by atoms with Gasteiger partial charge in [-0.1, -0.05) is 17.7 Å². The molecule has 116 valence electrons. The van der Waals surface area contributed by atoms with Crippen molar-refractivity contribution in [2.24, 2.45) is 4.99 Å². The molecule has 0 amide bonds. The molecule has 0 saturated carbocycles. The van der Waals surface area contributed by atoms with Crippen LogP contribution in [0.5, 0.6) is 5.75 Å². The molecule has 1 aromatic carbocycles. The van der Waals surface area contributed by atoms with Gasteiger partial charge < -0.3 is 5.11 Å². The van der Waals surface area contributed by atoms with Crippen LogP contribution in [0.3, 0.4) is 0 Å².